The van der Waals surface area contributed by atoms with Gasteiger partial charge < -0.3 is 10.3 Å². The molecule has 0 aliphatic carbocycles. The normalized spacial score (nSPS) is 14.9. The number of H-pyrrole nitrogens is 1. The minimum atomic E-state index is 0.272. The van der Waals surface area contributed by atoms with E-state index >= 15 is 0 Å². The number of anilines is 1. The zero-order chi connectivity index (χ0) is 15.8. The molecule has 0 saturated heterocycles. The second kappa shape index (κ2) is 5.74. The van der Waals surface area contributed by atoms with Crippen LogP contribution in [0.2, 0.25) is 5.02 Å². The quantitative estimate of drug-likeness (QED) is 0.623. The number of ketones is 1. The van der Waals surface area contributed by atoms with Crippen molar-refractivity contribution in [3.63, 3.8) is 0 Å². The lowest BCUT2D eigenvalue weighted by Gasteiger charge is -2.15. The van der Waals surface area contributed by atoms with Crippen LogP contribution in [0.1, 0.15) is 18.4 Å². The van der Waals surface area contributed by atoms with Crippen LogP contribution in [-0.4, -0.2) is 17.3 Å². The summed E-state index contributed by atoms with van der Waals surface area (Å²) in [5, 5.41) is 5.18. The van der Waals surface area contributed by atoms with Crippen molar-refractivity contribution in [2.45, 2.75) is 19.3 Å². The number of para-hydroxylation sites is 1. The van der Waals surface area contributed by atoms with Gasteiger partial charge in [-0.15, -0.1) is 0 Å². The molecule has 0 bridgehead atoms. The number of nitrogens with one attached hydrogen (secondary N) is 2. The molecule has 0 atom stereocenters. The van der Waals surface area contributed by atoms with Crippen LogP contribution in [0, 0.1) is 0 Å². The van der Waals surface area contributed by atoms with E-state index in [9.17, 15) is 4.79 Å². The number of halogens is 1. The fourth-order valence-corrected chi connectivity index (χ4v) is 3.45. The first kappa shape index (κ1) is 14.3. The van der Waals surface area contributed by atoms with Crippen LogP contribution < -0.4 is 5.32 Å². The van der Waals surface area contributed by atoms with E-state index in [-0.39, 0.29) is 5.78 Å². The van der Waals surface area contributed by atoms with Crippen LogP contribution >= 0.6 is 11.6 Å². The first-order valence-corrected chi connectivity index (χ1v) is 8.25. The summed E-state index contributed by atoms with van der Waals surface area (Å²) in [5.41, 5.74) is 5.27. The van der Waals surface area contributed by atoms with Gasteiger partial charge >= 0.3 is 0 Å². The largest absolute Gasteiger partial charge is 0.384 e. The van der Waals surface area contributed by atoms with Gasteiger partial charge in [0, 0.05) is 46.6 Å². The van der Waals surface area contributed by atoms with Crippen molar-refractivity contribution < 1.29 is 4.79 Å². The number of fused-ring (bicyclic) bond motifs is 5. The molecule has 1 aliphatic heterocycles. The number of benzene rings is 2. The smallest absolute Gasteiger partial charge is 0.137 e. The highest BCUT2D eigenvalue weighted by Gasteiger charge is 2.19. The maximum atomic E-state index is 12.3. The molecule has 0 amide bonds. The third-order valence-corrected chi connectivity index (χ3v) is 4.62. The molecule has 2 N–H and O–H groups in total. The van der Waals surface area contributed by atoms with Gasteiger partial charge in [0.05, 0.1) is 5.69 Å². The summed E-state index contributed by atoms with van der Waals surface area (Å²) in [5.74, 6) is 0.272. The van der Waals surface area contributed by atoms with Crippen molar-refractivity contribution in [3.8, 4) is 11.3 Å². The summed E-state index contributed by atoms with van der Waals surface area (Å²) in [7, 11) is 0. The van der Waals surface area contributed by atoms with Crippen LogP contribution in [0.15, 0.2) is 42.5 Å². The lowest BCUT2D eigenvalue weighted by atomic mass is 9.97. The Morgan fingerprint density at radius 2 is 1.96 bits per heavy atom. The average Bonchev–Trinajstić information content (AvgIpc) is 2.90. The molecular weight excluding hydrogens is 308 g/mol. The van der Waals surface area contributed by atoms with E-state index in [1.54, 1.807) is 0 Å². The summed E-state index contributed by atoms with van der Waals surface area (Å²) < 4.78 is 0. The molecule has 2 heterocycles. The maximum Gasteiger partial charge on any atom is 0.137 e. The van der Waals surface area contributed by atoms with Gasteiger partial charge in [-0.25, -0.2) is 0 Å². The number of carbonyl (C=O) groups is 1. The SMILES string of the molecule is O=C1CCCNc2ccccc2-c2[nH]c3ccc(Cl)cc3c2C1. The minimum absolute atomic E-state index is 0.272. The summed E-state index contributed by atoms with van der Waals surface area (Å²) in [4.78, 5) is 15.8. The van der Waals surface area contributed by atoms with Crippen molar-refractivity contribution in [1.82, 2.24) is 4.98 Å². The monoisotopic (exact) mass is 324 g/mol. The van der Waals surface area contributed by atoms with Crippen LogP contribution in [0.5, 0.6) is 0 Å². The molecule has 3 aromatic rings. The van der Waals surface area contributed by atoms with Crippen LogP contribution in [0.25, 0.3) is 22.2 Å². The Labute approximate surface area is 139 Å². The van der Waals surface area contributed by atoms with Crippen LogP contribution in [0.3, 0.4) is 0 Å². The van der Waals surface area contributed by atoms with E-state index in [0.29, 0.717) is 17.9 Å². The highest BCUT2D eigenvalue weighted by atomic mass is 35.5. The molecule has 0 fully saturated rings. The van der Waals surface area contributed by atoms with Crippen molar-refractivity contribution >= 4 is 34.0 Å². The van der Waals surface area contributed by atoms with E-state index in [2.05, 4.69) is 22.4 Å². The second-order valence-corrected chi connectivity index (χ2v) is 6.40. The second-order valence-electron chi connectivity index (χ2n) is 5.96. The predicted molar refractivity (Wildman–Crippen MR) is 95.2 cm³/mol. The first-order valence-electron chi connectivity index (χ1n) is 7.87. The third kappa shape index (κ3) is 2.62. The molecule has 23 heavy (non-hydrogen) atoms. The van der Waals surface area contributed by atoms with E-state index in [4.69, 9.17) is 11.6 Å². The molecule has 1 aromatic heterocycles. The number of aromatic nitrogens is 1. The molecule has 4 heteroatoms. The van der Waals surface area contributed by atoms with Gasteiger partial charge in [0.25, 0.3) is 0 Å². The van der Waals surface area contributed by atoms with E-state index in [1.807, 2.05) is 30.3 Å². The van der Waals surface area contributed by atoms with Crippen LogP contribution in [-0.2, 0) is 11.2 Å². The Hall–Kier alpha value is -2.26. The van der Waals surface area contributed by atoms with E-state index in [1.165, 1.54) is 0 Å². The predicted octanol–water partition coefficient (Wildman–Crippen LogP) is 4.81. The summed E-state index contributed by atoms with van der Waals surface area (Å²) in [6.07, 6.45) is 1.90. The number of hydrogen-bond donors (Lipinski definition) is 2. The highest BCUT2D eigenvalue weighted by Crippen LogP contribution is 2.36. The number of carbonyl (C=O) groups excluding carboxylic acids is 1. The van der Waals surface area contributed by atoms with Crippen molar-refractivity contribution in [2.75, 3.05) is 11.9 Å². The minimum Gasteiger partial charge on any atom is -0.384 e. The van der Waals surface area contributed by atoms with Gasteiger partial charge in [-0.2, -0.15) is 0 Å². The molecule has 3 nitrogen and oxygen atoms in total. The third-order valence-electron chi connectivity index (χ3n) is 4.39. The standard InChI is InChI=1S/C19H17ClN2O/c20-12-7-8-18-15(10-12)16-11-13(23)4-3-9-21-17-6-2-1-5-14(17)19(16)22-18/h1-2,5-8,10,21-22H,3-4,9,11H2. The number of Topliss-reactive ketones (excluding diaryl/α,β-unsaturated/α-hetero) is 1. The molecule has 4 rings (SSSR count). The Balaban J connectivity index is 2.01. The topological polar surface area (TPSA) is 44.9 Å². The first-order chi connectivity index (χ1) is 11.2. The summed E-state index contributed by atoms with van der Waals surface area (Å²) in [6, 6.07) is 14.0. The zero-order valence-corrected chi connectivity index (χ0v) is 13.4. The van der Waals surface area contributed by atoms with Gasteiger partial charge in [-0.1, -0.05) is 29.8 Å². The highest BCUT2D eigenvalue weighted by molar-refractivity contribution is 6.31. The van der Waals surface area contributed by atoms with Crippen molar-refractivity contribution in [3.05, 3.63) is 53.1 Å². The van der Waals surface area contributed by atoms with Gasteiger partial charge in [0.15, 0.2) is 0 Å². The summed E-state index contributed by atoms with van der Waals surface area (Å²) >= 11 is 6.17. The Bertz CT molecular complexity index is 898. The van der Waals surface area contributed by atoms with Gasteiger partial charge in [0.1, 0.15) is 5.78 Å². The Kier molecular flexibility index (Phi) is 3.58. The molecular formula is C19H17ClN2O. The zero-order valence-electron chi connectivity index (χ0n) is 12.7. The van der Waals surface area contributed by atoms with E-state index in [0.717, 1.165) is 46.4 Å². The number of rotatable bonds is 0. The molecule has 116 valence electrons. The molecule has 0 saturated carbocycles. The number of aromatic amines is 1. The molecule has 1 aliphatic rings. The average molecular weight is 325 g/mol. The lowest BCUT2D eigenvalue weighted by Crippen LogP contribution is -2.10. The fraction of sp³-hybridized carbons (Fsp3) is 0.211. The van der Waals surface area contributed by atoms with Crippen molar-refractivity contribution in [2.24, 2.45) is 0 Å². The van der Waals surface area contributed by atoms with Crippen molar-refractivity contribution in [1.29, 1.82) is 0 Å². The Morgan fingerprint density at radius 3 is 2.87 bits per heavy atom. The van der Waals surface area contributed by atoms with E-state index < -0.39 is 0 Å². The fourth-order valence-electron chi connectivity index (χ4n) is 3.28. The van der Waals surface area contributed by atoms with Gasteiger partial charge in [0.2, 0.25) is 0 Å². The molecule has 0 unspecified atom stereocenters. The molecule has 2 aromatic carbocycles. The Morgan fingerprint density at radius 1 is 1.09 bits per heavy atom. The van der Waals surface area contributed by atoms with Crippen LogP contribution in [0.4, 0.5) is 5.69 Å². The van der Waals surface area contributed by atoms with Gasteiger partial charge in [-0.05, 0) is 36.2 Å². The lowest BCUT2D eigenvalue weighted by molar-refractivity contribution is -0.118. The summed E-state index contributed by atoms with van der Waals surface area (Å²) in [6.45, 7) is 0.810. The molecule has 0 spiro atoms. The molecule has 0 radical (unpaired) electrons. The van der Waals surface area contributed by atoms with Gasteiger partial charge in [-0.3, -0.25) is 4.79 Å². The maximum absolute atomic E-state index is 12.3. The number of hydrogen-bond acceptors (Lipinski definition) is 2.